The van der Waals surface area contributed by atoms with E-state index in [1.165, 1.54) is 44.5 Å². The summed E-state index contributed by atoms with van der Waals surface area (Å²) in [4.78, 5) is 10.8. The number of aryl methyl sites for hydroxylation is 3. The Hall–Kier alpha value is -6.26. The first-order chi connectivity index (χ1) is 31.4. The maximum absolute atomic E-state index is 12.7. The summed E-state index contributed by atoms with van der Waals surface area (Å²) >= 11 is 0. The number of aromatic nitrogens is 3. The molecule has 0 aliphatic carbocycles. The number of fused-ring (bicyclic) bond motifs is 1. The quantitative estimate of drug-likeness (QED) is 0.165. The Morgan fingerprint density at radius 1 is 0.522 bits per heavy atom. The van der Waals surface area contributed by atoms with Crippen LogP contribution in [-0.4, -0.2) is 19.6 Å². The Morgan fingerprint density at radius 2 is 1.12 bits per heavy atom. The van der Waals surface area contributed by atoms with Crippen LogP contribution in [0.15, 0.2) is 121 Å². The van der Waals surface area contributed by atoms with E-state index in [-0.39, 0.29) is 33.8 Å². The van der Waals surface area contributed by atoms with Gasteiger partial charge in [-0.3, -0.25) is 9.55 Å². The molecule has 0 aliphatic heterocycles. The molecular weight excluding hydrogens is 815 g/mol. The molecule has 67 heavy (non-hydrogen) atoms. The fraction of sp³-hybridized carbons (Fsp3) is 0.333. The van der Waals surface area contributed by atoms with Crippen molar-refractivity contribution in [3.05, 3.63) is 166 Å². The highest BCUT2D eigenvalue weighted by molar-refractivity contribution is 5.97. The number of aromatic hydroxyl groups is 1. The smallest absolute Gasteiger partial charge is 0.149 e. The van der Waals surface area contributed by atoms with Crippen LogP contribution >= 0.6 is 0 Å². The number of phenolic OH excluding ortho intramolecular Hbond substituents is 1. The third kappa shape index (κ3) is 9.12. The molecule has 344 valence electrons. The zero-order valence-corrected chi connectivity index (χ0v) is 43.0. The Labute approximate surface area is 401 Å². The minimum atomic E-state index is -0.324. The predicted octanol–water partition coefficient (Wildman–Crippen LogP) is 17.5. The van der Waals surface area contributed by atoms with Gasteiger partial charge in [0.25, 0.3) is 0 Å². The summed E-state index contributed by atoms with van der Waals surface area (Å²) in [6, 6.07) is 42.2. The van der Waals surface area contributed by atoms with E-state index in [9.17, 15) is 5.11 Å². The normalized spacial score (nSPS) is 12.5. The van der Waals surface area contributed by atoms with Gasteiger partial charge in [0.1, 0.15) is 11.6 Å². The predicted molar refractivity (Wildman–Crippen MR) is 286 cm³/mol. The summed E-state index contributed by atoms with van der Waals surface area (Å²) in [7, 11) is 0. The molecule has 0 radical (unpaired) electrons. The molecule has 0 saturated heterocycles. The largest absolute Gasteiger partial charge is 0.507 e. The Balaban J connectivity index is 1.50. The molecule has 0 atom stereocenters. The fourth-order valence-corrected chi connectivity index (χ4v) is 9.91. The number of nitrogens with zero attached hydrogens (tertiary/aromatic N) is 3. The van der Waals surface area contributed by atoms with Gasteiger partial charge in [-0.25, -0.2) is 4.98 Å². The molecule has 8 aromatic rings. The molecule has 4 nitrogen and oxygen atoms in total. The molecule has 0 spiro atoms. The lowest BCUT2D eigenvalue weighted by Crippen LogP contribution is -2.17. The minimum absolute atomic E-state index is 0.142. The van der Waals surface area contributed by atoms with Crippen molar-refractivity contribution < 1.29 is 5.11 Å². The number of rotatable bonds is 8. The lowest BCUT2D eigenvalue weighted by atomic mass is 9.78. The first-order valence-corrected chi connectivity index (χ1v) is 24.3. The Kier molecular flexibility index (Phi) is 12.3. The molecule has 0 bridgehead atoms. The molecule has 4 heteroatoms. The van der Waals surface area contributed by atoms with Gasteiger partial charge in [0.05, 0.1) is 28.0 Å². The monoisotopic (exact) mass is 886 g/mol. The van der Waals surface area contributed by atoms with Crippen LogP contribution in [0.4, 0.5) is 0 Å². The molecule has 0 fully saturated rings. The van der Waals surface area contributed by atoms with Crippen LogP contribution in [0.1, 0.15) is 146 Å². The van der Waals surface area contributed by atoms with Crippen LogP contribution < -0.4 is 0 Å². The summed E-state index contributed by atoms with van der Waals surface area (Å²) in [5.74, 6) is 1.37. The summed E-state index contributed by atoms with van der Waals surface area (Å²) in [6.07, 6.45) is 1.92. The number of para-hydroxylation sites is 1. The Bertz CT molecular complexity index is 3110. The van der Waals surface area contributed by atoms with Crippen LogP contribution in [0.25, 0.3) is 72.7 Å². The minimum Gasteiger partial charge on any atom is -0.507 e. The molecule has 6 aromatic carbocycles. The van der Waals surface area contributed by atoms with Gasteiger partial charge in [-0.15, -0.1) is 0 Å². The number of hydrogen-bond acceptors (Lipinski definition) is 3. The number of hydrogen-bond donors (Lipinski definition) is 1. The lowest BCUT2D eigenvalue weighted by Gasteiger charge is -2.28. The second-order valence-electron chi connectivity index (χ2n) is 22.8. The van der Waals surface area contributed by atoms with E-state index in [1.807, 2.05) is 6.20 Å². The molecule has 0 saturated carbocycles. The summed E-state index contributed by atoms with van der Waals surface area (Å²) in [6.45, 7) is 36.0. The molecule has 8 rings (SSSR count). The van der Waals surface area contributed by atoms with Gasteiger partial charge in [0.2, 0.25) is 0 Å². The van der Waals surface area contributed by atoms with Crippen molar-refractivity contribution in [2.75, 3.05) is 0 Å². The first kappa shape index (κ1) is 47.2. The highest BCUT2D eigenvalue weighted by Crippen LogP contribution is 2.47. The van der Waals surface area contributed by atoms with E-state index < -0.39 is 0 Å². The lowest BCUT2D eigenvalue weighted by molar-refractivity contribution is 0.446. The zero-order chi connectivity index (χ0) is 48.5. The fourth-order valence-electron chi connectivity index (χ4n) is 9.91. The maximum Gasteiger partial charge on any atom is 0.149 e. The van der Waals surface area contributed by atoms with Crippen molar-refractivity contribution in [2.24, 2.45) is 0 Å². The number of imidazole rings is 1. The van der Waals surface area contributed by atoms with E-state index in [4.69, 9.17) is 9.97 Å². The van der Waals surface area contributed by atoms with Gasteiger partial charge in [-0.05, 0) is 159 Å². The molecule has 0 unspecified atom stereocenters. The molecule has 2 heterocycles. The van der Waals surface area contributed by atoms with Gasteiger partial charge in [-0.1, -0.05) is 162 Å². The van der Waals surface area contributed by atoms with Crippen LogP contribution in [0.5, 0.6) is 5.75 Å². The topological polar surface area (TPSA) is 50.9 Å². The van der Waals surface area contributed by atoms with E-state index in [0.29, 0.717) is 0 Å². The third-order valence-electron chi connectivity index (χ3n) is 13.6. The second kappa shape index (κ2) is 17.4. The molecule has 0 aliphatic rings. The summed E-state index contributed by atoms with van der Waals surface area (Å²) < 4.78 is 2.40. The van der Waals surface area contributed by atoms with Crippen molar-refractivity contribution in [1.29, 1.82) is 0 Å². The first-order valence-electron chi connectivity index (χ1n) is 24.3. The van der Waals surface area contributed by atoms with E-state index in [2.05, 4.69) is 231 Å². The van der Waals surface area contributed by atoms with Gasteiger partial charge < -0.3 is 5.11 Å². The average Bonchev–Trinajstić information content (AvgIpc) is 3.64. The molecule has 0 amide bonds. The number of pyridine rings is 1. The van der Waals surface area contributed by atoms with E-state index in [0.717, 1.165) is 72.7 Å². The average molecular weight is 886 g/mol. The van der Waals surface area contributed by atoms with Gasteiger partial charge in [0, 0.05) is 22.9 Å². The van der Waals surface area contributed by atoms with Crippen molar-refractivity contribution in [3.8, 4) is 67.5 Å². The second-order valence-corrected chi connectivity index (χ2v) is 22.8. The van der Waals surface area contributed by atoms with E-state index in [1.54, 1.807) is 0 Å². The Morgan fingerprint density at radius 3 is 1.70 bits per heavy atom. The van der Waals surface area contributed by atoms with Crippen LogP contribution in [0, 0.1) is 20.8 Å². The van der Waals surface area contributed by atoms with E-state index >= 15 is 0 Å². The molecule has 1 N–H and O–H groups in total. The van der Waals surface area contributed by atoms with Gasteiger partial charge in [0.15, 0.2) is 0 Å². The van der Waals surface area contributed by atoms with Crippen molar-refractivity contribution in [2.45, 2.75) is 139 Å². The molecule has 2 aromatic heterocycles. The van der Waals surface area contributed by atoms with Crippen LogP contribution in [0.3, 0.4) is 0 Å². The molecular formula is C63H71N3O. The zero-order valence-electron chi connectivity index (χ0n) is 43.0. The maximum atomic E-state index is 12.7. The van der Waals surface area contributed by atoms with Crippen LogP contribution in [-0.2, 0) is 16.2 Å². The van der Waals surface area contributed by atoms with Crippen molar-refractivity contribution in [1.82, 2.24) is 14.5 Å². The summed E-state index contributed by atoms with van der Waals surface area (Å²) in [5, 5.41) is 12.7. The third-order valence-corrected chi connectivity index (χ3v) is 13.6. The van der Waals surface area contributed by atoms with Crippen molar-refractivity contribution >= 4 is 11.0 Å². The highest BCUT2D eigenvalue weighted by Gasteiger charge is 2.31. The SMILES string of the molecule is Cc1cc(C)c(-c2cc(C(C)C)c(-n3c(-c4cc(C(C)(C)C)cc(C(C)(C)C)c4O)nc4c(-c5cc(-c6cc(-c7ccccc7)ccn6)cc(C(C)(C)C)c5)cccc43)c(C(C)C)c2)c(C)c1. The standard InChI is InChI=1S/C63H71N3O/c1-37(2)50-32-46(56-40(6)27-39(5)28-41(56)7)33-51(38(3)4)58(50)66-55-24-20-23-49(57(55)65-60(66)52-35-48(62(11,12)13)36-53(59(52)67)63(14,15)16)44-29-45(31-47(30-44)61(8,9)10)54-34-43(25-26-64-54)42-21-18-17-19-22-42/h17-38,67H,1-16H3. The number of benzene rings is 6. The highest BCUT2D eigenvalue weighted by atomic mass is 16.3. The van der Waals surface area contributed by atoms with Crippen molar-refractivity contribution in [3.63, 3.8) is 0 Å². The van der Waals surface area contributed by atoms with Gasteiger partial charge in [-0.2, -0.15) is 0 Å². The van der Waals surface area contributed by atoms with Crippen LogP contribution in [0.2, 0.25) is 0 Å². The summed E-state index contributed by atoms with van der Waals surface area (Å²) in [5.41, 5.74) is 21.6. The number of phenols is 1. The van der Waals surface area contributed by atoms with Gasteiger partial charge >= 0.3 is 0 Å².